The van der Waals surface area contributed by atoms with E-state index < -0.39 is 0 Å². The molecule has 0 amide bonds. The Kier molecular flexibility index (Phi) is 5.45. The van der Waals surface area contributed by atoms with Crippen LogP contribution in [-0.4, -0.2) is 46.5 Å². The molecule has 0 bridgehead atoms. The van der Waals surface area contributed by atoms with Crippen LogP contribution in [0.25, 0.3) is 0 Å². The molecular formula is C14H23N3OS. The molecule has 1 aliphatic heterocycles. The maximum absolute atomic E-state index is 11.5. The maximum Gasteiger partial charge on any atom is 0.251 e. The van der Waals surface area contributed by atoms with E-state index in [1.54, 1.807) is 6.07 Å². The van der Waals surface area contributed by atoms with E-state index in [1.165, 1.54) is 31.7 Å². The molecule has 0 aromatic carbocycles. The Hall–Kier alpha value is -0.810. The first-order valence-electron chi connectivity index (χ1n) is 6.98. The van der Waals surface area contributed by atoms with Gasteiger partial charge < -0.3 is 9.88 Å². The second kappa shape index (κ2) is 7.10. The van der Waals surface area contributed by atoms with Crippen molar-refractivity contribution in [1.82, 2.24) is 14.9 Å². The lowest BCUT2D eigenvalue weighted by atomic mass is 9.94. The first-order valence-corrected chi connectivity index (χ1v) is 8.37. The zero-order valence-corrected chi connectivity index (χ0v) is 12.6. The summed E-state index contributed by atoms with van der Waals surface area (Å²) >= 11 is 1.91. The van der Waals surface area contributed by atoms with Gasteiger partial charge in [0, 0.05) is 18.5 Å². The van der Waals surface area contributed by atoms with E-state index in [1.807, 2.05) is 18.7 Å². The number of rotatable bonds is 5. The normalized spacial score (nSPS) is 20.6. The van der Waals surface area contributed by atoms with Crippen LogP contribution < -0.4 is 5.56 Å². The lowest BCUT2D eigenvalue weighted by Gasteiger charge is -2.32. The third-order valence-electron chi connectivity index (χ3n) is 3.63. The highest BCUT2D eigenvalue weighted by Gasteiger charge is 2.22. The number of likely N-dealkylation sites (tertiary alicyclic amines) is 1. The molecule has 4 nitrogen and oxygen atoms in total. The molecular weight excluding hydrogens is 258 g/mol. The number of piperidine rings is 1. The van der Waals surface area contributed by atoms with Crippen molar-refractivity contribution >= 4 is 11.8 Å². The summed E-state index contributed by atoms with van der Waals surface area (Å²) in [4.78, 5) is 21.3. The van der Waals surface area contributed by atoms with Crippen LogP contribution in [0.1, 0.15) is 36.7 Å². The fourth-order valence-electron chi connectivity index (χ4n) is 2.74. The van der Waals surface area contributed by atoms with Crippen LogP contribution in [-0.2, 0) is 0 Å². The minimum atomic E-state index is -0.0259. The highest BCUT2D eigenvalue weighted by Crippen LogP contribution is 2.24. The lowest BCUT2D eigenvalue weighted by molar-refractivity contribution is 0.207. The monoisotopic (exact) mass is 281 g/mol. The average Bonchev–Trinajstić information content (AvgIpc) is 2.38. The van der Waals surface area contributed by atoms with Crippen molar-refractivity contribution in [2.45, 2.75) is 32.1 Å². The summed E-state index contributed by atoms with van der Waals surface area (Å²) in [5, 5.41) is 0. The maximum atomic E-state index is 11.5. The van der Waals surface area contributed by atoms with Gasteiger partial charge in [0.25, 0.3) is 5.56 Å². The number of hydrogen-bond acceptors (Lipinski definition) is 4. The SMILES string of the molecule is CSCCCN1CCC[C@@H](c2cc(=O)[nH]c(C)n2)C1. The van der Waals surface area contributed by atoms with Gasteiger partial charge in [0.05, 0.1) is 5.69 Å². The number of nitrogens with one attached hydrogen (secondary N) is 1. The van der Waals surface area contributed by atoms with E-state index in [2.05, 4.69) is 21.1 Å². The molecule has 1 aromatic rings. The van der Waals surface area contributed by atoms with Gasteiger partial charge in [-0.3, -0.25) is 4.79 Å². The zero-order chi connectivity index (χ0) is 13.7. The number of thioether (sulfide) groups is 1. The number of aromatic amines is 1. The molecule has 1 aliphatic rings. The van der Waals surface area contributed by atoms with E-state index in [-0.39, 0.29) is 5.56 Å². The third kappa shape index (κ3) is 4.35. The fourth-order valence-corrected chi connectivity index (χ4v) is 3.16. The highest BCUT2D eigenvalue weighted by molar-refractivity contribution is 7.98. The fraction of sp³-hybridized carbons (Fsp3) is 0.714. The lowest BCUT2D eigenvalue weighted by Crippen LogP contribution is -2.36. The van der Waals surface area contributed by atoms with Crippen LogP contribution in [0.3, 0.4) is 0 Å². The van der Waals surface area contributed by atoms with Crippen molar-refractivity contribution < 1.29 is 0 Å². The summed E-state index contributed by atoms with van der Waals surface area (Å²) in [6.45, 7) is 5.25. The average molecular weight is 281 g/mol. The molecule has 19 heavy (non-hydrogen) atoms. The molecule has 1 aromatic heterocycles. The van der Waals surface area contributed by atoms with Gasteiger partial charge in [0.2, 0.25) is 0 Å². The molecule has 1 fully saturated rings. The predicted molar refractivity (Wildman–Crippen MR) is 81.0 cm³/mol. The molecule has 1 atom stereocenters. The number of nitrogens with zero attached hydrogens (tertiary/aromatic N) is 2. The van der Waals surface area contributed by atoms with E-state index in [0.29, 0.717) is 5.92 Å². The van der Waals surface area contributed by atoms with Crippen molar-refractivity contribution in [1.29, 1.82) is 0 Å². The van der Waals surface area contributed by atoms with Gasteiger partial charge in [-0.1, -0.05) is 0 Å². The predicted octanol–water partition coefficient (Wildman–Crippen LogP) is 2.01. The highest BCUT2D eigenvalue weighted by atomic mass is 32.2. The molecule has 1 saturated heterocycles. The van der Waals surface area contributed by atoms with E-state index in [9.17, 15) is 4.79 Å². The number of aromatic nitrogens is 2. The second-order valence-electron chi connectivity index (χ2n) is 5.24. The molecule has 0 aliphatic carbocycles. The summed E-state index contributed by atoms with van der Waals surface area (Å²) in [6, 6.07) is 1.67. The summed E-state index contributed by atoms with van der Waals surface area (Å²) in [5.74, 6) is 2.37. The summed E-state index contributed by atoms with van der Waals surface area (Å²) in [7, 11) is 0. The van der Waals surface area contributed by atoms with Crippen LogP contribution in [0.4, 0.5) is 0 Å². The quantitative estimate of drug-likeness (QED) is 0.839. The number of hydrogen-bond donors (Lipinski definition) is 1. The molecule has 1 N–H and O–H groups in total. The van der Waals surface area contributed by atoms with Gasteiger partial charge in [0.1, 0.15) is 5.82 Å². The van der Waals surface area contributed by atoms with E-state index >= 15 is 0 Å². The van der Waals surface area contributed by atoms with Crippen LogP contribution in [0.15, 0.2) is 10.9 Å². The van der Waals surface area contributed by atoms with Crippen LogP contribution in [0, 0.1) is 6.92 Å². The largest absolute Gasteiger partial charge is 0.311 e. The topological polar surface area (TPSA) is 49.0 Å². The standard InChI is InChI=1S/C14H23N3OS/c1-11-15-13(9-14(18)16-11)12-5-3-6-17(10-12)7-4-8-19-2/h9,12H,3-8,10H2,1-2H3,(H,15,16,18)/t12-/m1/s1. The summed E-state index contributed by atoms with van der Waals surface area (Å²) in [5.41, 5.74) is 0.942. The Bertz CT molecular complexity index is 460. The van der Waals surface area contributed by atoms with Gasteiger partial charge in [-0.05, 0) is 51.3 Å². The Morgan fingerprint density at radius 2 is 2.42 bits per heavy atom. The number of H-pyrrole nitrogens is 1. The minimum Gasteiger partial charge on any atom is -0.311 e. The minimum absolute atomic E-state index is 0.0259. The summed E-state index contributed by atoms with van der Waals surface area (Å²) < 4.78 is 0. The number of aryl methyl sites for hydroxylation is 1. The van der Waals surface area contributed by atoms with E-state index in [0.717, 1.165) is 24.5 Å². The zero-order valence-electron chi connectivity index (χ0n) is 11.8. The third-order valence-corrected chi connectivity index (χ3v) is 4.32. The van der Waals surface area contributed by atoms with Crippen molar-refractivity contribution in [3.8, 4) is 0 Å². The van der Waals surface area contributed by atoms with Crippen LogP contribution in [0.5, 0.6) is 0 Å². The van der Waals surface area contributed by atoms with Crippen LogP contribution >= 0.6 is 11.8 Å². The molecule has 2 rings (SSSR count). The molecule has 106 valence electrons. The van der Waals surface area contributed by atoms with Gasteiger partial charge in [-0.25, -0.2) is 4.98 Å². The Balaban J connectivity index is 1.98. The van der Waals surface area contributed by atoms with Crippen molar-refractivity contribution in [3.05, 3.63) is 27.9 Å². The van der Waals surface area contributed by atoms with Gasteiger partial charge >= 0.3 is 0 Å². The molecule has 0 unspecified atom stereocenters. The Morgan fingerprint density at radius 1 is 1.58 bits per heavy atom. The van der Waals surface area contributed by atoms with E-state index in [4.69, 9.17) is 0 Å². The summed E-state index contributed by atoms with van der Waals surface area (Å²) in [6.07, 6.45) is 5.75. The second-order valence-corrected chi connectivity index (χ2v) is 6.23. The van der Waals surface area contributed by atoms with Crippen molar-refractivity contribution in [2.24, 2.45) is 0 Å². The van der Waals surface area contributed by atoms with Gasteiger partial charge in [0.15, 0.2) is 0 Å². The first-order chi connectivity index (χ1) is 9.19. The van der Waals surface area contributed by atoms with Gasteiger partial charge in [-0.15, -0.1) is 0 Å². The molecule has 2 heterocycles. The molecule has 0 radical (unpaired) electrons. The Morgan fingerprint density at radius 3 is 3.16 bits per heavy atom. The molecule has 0 spiro atoms. The Labute approximate surface area is 119 Å². The molecule has 5 heteroatoms. The smallest absolute Gasteiger partial charge is 0.251 e. The molecule has 0 saturated carbocycles. The van der Waals surface area contributed by atoms with Crippen LogP contribution in [0.2, 0.25) is 0 Å². The van der Waals surface area contributed by atoms with Crippen molar-refractivity contribution in [2.75, 3.05) is 31.6 Å². The van der Waals surface area contributed by atoms with Gasteiger partial charge in [-0.2, -0.15) is 11.8 Å². The first kappa shape index (κ1) is 14.6. The van der Waals surface area contributed by atoms with Crippen molar-refractivity contribution in [3.63, 3.8) is 0 Å².